The molecule has 0 N–H and O–H groups in total. The molecule has 0 aromatic carbocycles. The molecule has 1 heterocycles. The van der Waals surface area contributed by atoms with Crippen molar-refractivity contribution < 1.29 is 0 Å². The Labute approximate surface area is 66.1 Å². The van der Waals surface area contributed by atoms with Crippen LogP contribution in [0.1, 0.15) is 6.92 Å². The highest BCUT2D eigenvalue weighted by Crippen LogP contribution is 1.81. The van der Waals surface area contributed by atoms with Crippen molar-refractivity contribution in [2.45, 2.75) is 6.92 Å². The molecule has 0 saturated heterocycles. The van der Waals surface area contributed by atoms with Gasteiger partial charge in [0.1, 0.15) is 0 Å². The summed E-state index contributed by atoms with van der Waals surface area (Å²) in [5.74, 6) is 0.722. The largest absolute Gasteiger partial charge is 0.314 e. The zero-order chi connectivity index (χ0) is 7.82. The maximum absolute atomic E-state index is 5.00. The summed E-state index contributed by atoms with van der Waals surface area (Å²) >= 11 is 5.00. The van der Waals surface area contributed by atoms with Gasteiger partial charge in [-0.25, -0.2) is 4.98 Å². The summed E-state index contributed by atoms with van der Waals surface area (Å²) in [5.41, 5.74) is 0. The van der Waals surface area contributed by atoms with Gasteiger partial charge in [-0.05, 0) is 0 Å². The quantitative estimate of drug-likeness (QED) is 0.574. The molecule has 56 valence electrons. The number of imidazole rings is 1. The van der Waals surface area contributed by atoms with E-state index in [0.29, 0.717) is 0 Å². The van der Waals surface area contributed by atoms with Crippen molar-refractivity contribution in [3.8, 4) is 0 Å². The van der Waals surface area contributed by atoms with Crippen molar-refractivity contribution in [2.24, 2.45) is 0 Å². The Morgan fingerprint density at radius 1 is 1.80 bits per heavy atom. The van der Waals surface area contributed by atoms with Crippen molar-refractivity contribution >= 4 is 17.8 Å². The summed E-state index contributed by atoms with van der Waals surface area (Å²) < 4.78 is 1.78. The third-order valence-electron chi connectivity index (χ3n) is 0.736. The number of rotatable bonds is 1. The molecule has 2 nitrogen and oxygen atoms in total. The van der Waals surface area contributed by atoms with Crippen LogP contribution in [-0.4, -0.2) is 15.4 Å². The molecule has 0 saturated carbocycles. The Hall–Kier alpha value is -0.760. The van der Waals surface area contributed by atoms with Crippen LogP contribution in [0.3, 0.4) is 0 Å². The second-order valence-electron chi connectivity index (χ2n) is 1.46. The molecule has 0 unspecified atom stereocenters. The van der Waals surface area contributed by atoms with Gasteiger partial charge in [0.15, 0.2) is 0 Å². The first-order valence-electron chi connectivity index (χ1n) is 3.01. The molecule has 0 fully saturated rings. The van der Waals surface area contributed by atoms with Crippen molar-refractivity contribution in [3.05, 3.63) is 25.3 Å². The van der Waals surface area contributed by atoms with E-state index in [1.165, 1.54) is 0 Å². The number of nitrogens with zero attached hydrogens (tertiary/aromatic N) is 2. The van der Waals surface area contributed by atoms with E-state index in [2.05, 4.69) is 11.6 Å². The van der Waals surface area contributed by atoms with Gasteiger partial charge in [0.05, 0.1) is 6.33 Å². The van der Waals surface area contributed by atoms with E-state index in [1.54, 1.807) is 23.3 Å². The highest BCUT2D eigenvalue weighted by Gasteiger charge is 1.73. The highest BCUT2D eigenvalue weighted by atomic mass is 35.5. The molecular formula is C7H11ClN2. The molecule has 1 aromatic rings. The molecule has 1 rings (SSSR count). The number of hydrogen-bond donors (Lipinski definition) is 0. The van der Waals surface area contributed by atoms with E-state index in [9.17, 15) is 0 Å². The van der Waals surface area contributed by atoms with Gasteiger partial charge < -0.3 is 4.57 Å². The molecule has 0 aliphatic rings. The van der Waals surface area contributed by atoms with Gasteiger partial charge in [-0.3, -0.25) is 0 Å². The zero-order valence-electron chi connectivity index (χ0n) is 6.00. The molecule has 1 aromatic heterocycles. The Morgan fingerprint density at radius 2 is 2.40 bits per heavy atom. The number of halogens is 1. The highest BCUT2D eigenvalue weighted by molar-refractivity contribution is 6.17. The molecule has 3 heteroatoms. The Balaban J connectivity index is 0.000000236. The Kier molecular flexibility index (Phi) is 5.88. The molecule has 0 aliphatic carbocycles. The monoisotopic (exact) mass is 158 g/mol. The van der Waals surface area contributed by atoms with Gasteiger partial charge in [0, 0.05) is 24.5 Å². The van der Waals surface area contributed by atoms with Gasteiger partial charge in [-0.2, -0.15) is 0 Å². The summed E-state index contributed by atoms with van der Waals surface area (Å²) in [5, 5.41) is 0. The third-order valence-corrected chi connectivity index (χ3v) is 0.736. The number of aromatic nitrogens is 2. The second-order valence-corrected chi connectivity index (χ2v) is 1.99. The number of alkyl halides is 1. The lowest BCUT2D eigenvalue weighted by Gasteiger charge is -1.80. The number of hydrogen-bond acceptors (Lipinski definition) is 1. The van der Waals surface area contributed by atoms with Crippen LogP contribution in [0.15, 0.2) is 25.3 Å². The molecule has 0 aliphatic heterocycles. The smallest absolute Gasteiger partial charge is 0.0986 e. The van der Waals surface area contributed by atoms with Gasteiger partial charge in [-0.15, -0.1) is 11.6 Å². The molecular weight excluding hydrogens is 148 g/mol. The van der Waals surface area contributed by atoms with E-state index in [1.807, 2.05) is 13.1 Å². The summed E-state index contributed by atoms with van der Waals surface area (Å²) in [6, 6.07) is 0. The van der Waals surface area contributed by atoms with Crippen molar-refractivity contribution in [3.63, 3.8) is 0 Å². The van der Waals surface area contributed by atoms with Crippen molar-refractivity contribution in [1.82, 2.24) is 9.55 Å². The van der Waals surface area contributed by atoms with Crippen LogP contribution in [0, 0.1) is 0 Å². The van der Waals surface area contributed by atoms with E-state index >= 15 is 0 Å². The fourth-order valence-corrected chi connectivity index (χ4v) is 0.377. The maximum Gasteiger partial charge on any atom is 0.0986 e. The van der Waals surface area contributed by atoms with Crippen LogP contribution in [0.5, 0.6) is 0 Å². The Morgan fingerprint density at radius 3 is 2.60 bits per heavy atom. The van der Waals surface area contributed by atoms with Crippen molar-refractivity contribution in [1.29, 1.82) is 0 Å². The predicted molar refractivity (Wildman–Crippen MR) is 45.0 cm³/mol. The Bertz CT molecular complexity index is 158. The molecule has 0 amide bonds. The van der Waals surface area contributed by atoms with Crippen LogP contribution >= 0.6 is 11.6 Å². The topological polar surface area (TPSA) is 17.8 Å². The minimum absolute atomic E-state index is 0.722. The fourth-order valence-electron chi connectivity index (χ4n) is 0.377. The summed E-state index contributed by atoms with van der Waals surface area (Å²) in [7, 11) is 0. The van der Waals surface area contributed by atoms with Crippen LogP contribution in [0.25, 0.3) is 6.20 Å². The lowest BCUT2D eigenvalue weighted by molar-refractivity contribution is 1.14. The molecule has 0 atom stereocenters. The zero-order valence-corrected chi connectivity index (χ0v) is 6.75. The average Bonchev–Trinajstić information content (AvgIpc) is 2.39. The summed E-state index contributed by atoms with van der Waals surface area (Å²) in [6.45, 7) is 5.42. The summed E-state index contributed by atoms with van der Waals surface area (Å²) in [6.07, 6.45) is 6.91. The minimum atomic E-state index is 0.722. The average molecular weight is 159 g/mol. The van der Waals surface area contributed by atoms with Crippen LogP contribution in [0.2, 0.25) is 0 Å². The molecule has 0 radical (unpaired) electrons. The van der Waals surface area contributed by atoms with Gasteiger partial charge in [0.2, 0.25) is 0 Å². The first-order chi connectivity index (χ1) is 4.85. The molecule has 0 spiro atoms. The van der Waals surface area contributed by atoms with Gasteiger partial charge in [0.25, 0.3) is 0 Å². The van der Waals surface area contributed by atoms with Gasteiger partial charge in [-0.1, -0.05) is 13.5 Å². The summed E-state index contributed by atoms with van der Waals surface area (Å²) in [4.78, 5) is 3.78. The maximum atomic E-state index is 5.00. The third kappa shape index (κ3) is 4.15. The second kappa shape index (κ2) is 6.36. The SMILES string of the molecule is C=Cn1ccnc1.CCCl. The normalized spacial score (nSPS) is 7.80. The van der Waals surface area contributed by atoms with Crippen LogP contribution < -0.4 is 0 Å². The molecule has 10 heavy (non-hydrogen) atoms. The van der Waals surface area contributed by atoms with Crippen LogP contribution in [0.4, 0.5) is 0 Å². The first kappa shape index (κ1) is 9.24. The lowest BCUT2D eigenvalue weighted by atomic mass is 10.9. The minimum Gasteiger partial charge on any atom is -0.314 e. The predicted octanol–water partition coefficient (Wildman–Crippen LogP) is 2.23. The standard InChI is InChI=1S/C5H6N2.C2H5Cl/c1-2-7-4-3-6-5-7;1-2-3/h2-5H,1H2;2H2,1H3. The van der Waals surface area contributed by atoms with Crippen LogP contribution in [-0.2, 0) is 0 Å². The molecule has 0 bridgehead atoms. The lowest BCUT2D eigenvalue weighted by Crippen LogP contribution is -1.73. The van der Waals surface area contributed by atoms with E-state index in [4.69, 9.17) is 11.6 Å². The van der Waals surface area contributed by atoms with Crippen molar-refractivity contribution in [2.75, 3.05) is 5.88 Å². The fraction of sp³-hybridized carbons (Fsp3) is 0.286. The van der Waals surface area contributed by atoms with E-state index < -0.39 is 0 Å². The van der Waals surface area contributed by atoms with Gasteiger partial charge >= 0.3 is 0 Å². The van der Waals surface area contributed by atoms with E-state index in [0.717, 1.165) is 5.88 Å². The van der Waals surface area contributed by atoms with E-state index in [-0.39, 0.29) is 0 Å². The first-order valence-corrected chi connectivity index (χ1v) is 3.54.